The van der Waals surface area contributed by atoms with E-state index in [0.29, 0.717) is 30.3 Å². The molecular weight excluding hydrogens is 274 g/mol. The van der Waals surface area contributed by atoms with Gasteiger partial charge >= 0.3 is 0 Å². The smallest absolute Gasteiger partial charge is 0.277 e. The fourth-order valence-corrected chi connectivity index (χ4v) is 1.64. The number of hydrogen-bond donors (Lipinski definition) is 2. The zero-order chi connectivity index (χ0) is 15.1. The molecule has 1 aromatic carbocycles. The standard InChI is InChI=1S/C14H17N3O4/c1-19-9-12-8-13(17-21-12)14(18)16-10-2-4-11(5-3-10)20-7-6-15/h2-5,8H,6-7,9,15H2,1H3,(H,16,18). The molecule has 1 heterocycles. The highest BCUT2D eigenvalue weighted by Crippen LogP contribution is 2.16. The number of nitrogens with zero attached hydrogens (tertiary/aromatic N) is 1. The van der Waals surface area contributed by atoms with Crippen molar-refractivity contribution in [2.24, 2.45) is 5.73 Å². The average Bonchev–Trinajstić information content (AvgIpc) is 2.96. The summed E-state index contributed by atoms with van der Waals surface area (Å²) in [4.78, 5) is 12.0. The van der Waals surface area contributed by atoms with Gasteiger partial charge in [0.15, 0.2) is 11.5 Å². The number of carbonyl (C=O) groups is 1. The van der Waals surface area contributed by atoms with E-state index in [1.54, 1.807) is 24.3 Å². The Labute approximate surface area is 122 Å². The van der Waals surface area contributed by atoms with Crippen molar-refractivity contribution in [3.8, 4) is 5.75 Å². The number of anilines is 1. The van der Waals surface area contributed by atoms with Crippen molar-refractivity contribution in [1.29, 1.82) is 0 Å². The van der Waals surface area contributed by atoms with Crippen molar-refractivity contribution in [1.82, 2.24) is 5.16 Å². The number of carbonyl (C=O) groups excluding carboxylic acids is 1. The van der Waals surface area contributed by atoms with E-state index < -0.39 is 0 Å². The Morgan fingerprint density at radius 1 is 1.38 bits per heavy atom. The molecule has 7 nitrogen and oxygen atoms in total. The summed E-state index contributed by atoms with van der Waals surface area (Å²) in [6.07, 6.45) is 0. The Hall–Kier alpha value is -2.38. The molecule has 0 unspecified atom stereocenters. The molecular formula is C14H17N3O4. The lowest BCUT2D eigenvalue weighted by Gasteiger charge is -2.06. The van der Waals surface area contributed by atoms with Gasteiger partial charge in [0.1, 0.15) is 19.0 Å². The summed E-state index contributed by atoms with van der Waals surface area (Å²) < 4.78 is 15.2. The van der Waals surface area contributed by atoms with Crippen LogP contribution in [0.3, 0.4) is 0 Å². The van der Waals surface area contributed by atoms with Crippen LogP contribution < -0.4 is 15.8 Å². The number of rotatable bonds is 7. The largest absolute Gasteiger partial charge is 0.492 e. The number of amides is 1. The summed E-state index contributed by atoms with van der Waals surface area (Å²) in [6, 6.07) is 8.52. The van der Waals surface area contributed by atoms with Gasteiger partial charge in [-0.05, 0) is 24.3 Å². The Kier molecular flexibility index (Phi) is 5.30. The lowest BCUT2D eigenvalue weighted by molar-refractivity contribution is 0.101. The van der Waals surface area contributed by atoms with E-state index >= 15 is 0 Å². The third-order valence-electron chi connectivity index (χ3n) is 2.58. The summed E-state index contributed by atoms with van der Waals surface area (Å²) in [7, 11) is 1.54. The zero-order valence-electron chi connectivity index (χ0n) is 11.7. The second kappa shape index (κ2) is 7.41. The van der Waals surface area contributed by atoms with Gasteiger partial charge in [-0.25, -0.2) is 0 Å². The van der Waals surface area contributed by atoms with E-state index in [1.165, 1.54) is 13.2 Å². The van der Waals surface area contributed by atoms with E-state index in [9.17, 15) is 4.79 Å². The van der Waals surface area contributed by atoms with Crippen LogP contribution in [0, 0.1) is 0 Å². The van der Waals surface area contributed by atoms with Gasteiger partial charge in [-0.15, -0.1) is 0 Å². The molecule has 0 radical (unpaired) electrons. The third-order valence-corrected chi connectivity index (χ3v) is 2.58. The maximum Gasteiger partial charge on any atom is 0.277 e. The Bertz CT molecular complexity index is 580. The van der Waals surface area contributed by atoms with Gasteiger partial charge in [-0.1, -0.05) is 5.16 Å². The minimum Gasteiger partial charge on any atom is -0.492 e. The topological polar surface area (TPSA) is 99.6 Å². The molecule has 0 bridgehead atoms. The van der Waals surface area contributed by atoms with E-state index in [0.717, 1.165) is 0 Å². The van der Waals surface area contributed by atoms with Gasteiger partial charge in [0.05, 0.1) is 0 Å². The SMILES string of the molecule is COCc1cc(C(=O)Nc2ccc(OCCN)cc2)no1. The second-order valence-corrected chi connectivity index (χ2v) is 4.23. The molecule has 1 amide bonds. The van der Waals surface area contributed by atoms with Crippen molar-refractivity contribution in [3.63, 3.8) is 0 Å². The Balaban J connectivity index is 1.95. The minimum absolute atomic E-state index is 0.200. The first-order valence-corrected chi connectivity index (χ1v) is 6.41. The van der Waals surface area contributed by atoms with Gasteiger partial charge in [-0.3, -0.25) is 4.79 Å². The molecule has 7 heteroatoms. The Morgan fingerprint density at radius 3 is 2.81 bits per heavy atom. The first-order valence-electron chi connectivity index (χ1n) is 6.41. The summed E-state index contributed by atoms with van der Waals surface area (Å²) in [5.41, 5.74) is 6.19. The zero-order valence-corrected chi connectivity index (χ0v) is 11.7. The molecule has 0 aliphatic rings. The van der Waals surface area contributed by atoms with Crippen LogP contribution in [0.5, 0.6) is 5.75 Å². The van der Waals surface area contributed by atoms with Crippen molar-refractivity contribution in [2.75, 3.05) is 25.6 Å². The van der Waals surface area contributed by atoms with Crippen LogP contribution in [0.2, 0.25) is 0 Å². The summed E-state index contributed by atoms with van der Waals surface area (Å²) in [5.74, 6) is 0.840. The van der Waals surface area contributed by atoms with Crippen LogP contribution in [-0.2, 0) is 11.3 Å². The van der Waals surface area contributed by atoms with E-state index in [4.69, 9.17) is 19.7 Å². The fraction of sp³-hybridized carbons (Fsp3) is 0.286. The molecule has 0 aliphatic carbocycles. The van der Waals surface area contributed by atoms with Gasteiger partial charge in [0.2, 0.25) is 0 Å². The molecule has 2 rings (SSSR count). The summed E-state index contributed by atoms with van der Waals surface area (Å²) in [6.45, 7) is 1.18. The normalized spacial score (nSPS) is 10.4. The van der Waals surface area contributed by atoms with Crippen molar-refractivity contribution < 1.29 is 18.8 Å². The van der Waals surface area contributed by atoms with Crippen LogP contribution >= 0.6 is 0 Å². The maximum atomic E-state index is 12.0. The first kappa shape index (κ1) is 15.0. The summed E-state index contributed by atoms with van der Waals surface area (Å²) >= 11 is 0. The number of hydrogen-bond acceptors (Lipinski definition) is 6. The monoisotopic (exact) mass is 291 g/mol. The van der Waals surface area contributed by atoms with E-state index in [1.807, 2.05) is 0 Å². The molecule has 0 atom stereocenters. The van der Waals surface area contributed by atoms with Gasteiger partial charge in [0.25, 0.3) is 5.91 Å². The highest BCUT2D eigenvalue weighted by molar-refractivity contribution is 6.02. The molecule has 3 N–H and O–H groups in total. The third kappa shape index (κ3) is 4.30. The quantitative estimate of drug-likeness (QED) is 0.800. The number of nitrogens with one attached hydrogen (secondary N) is 1. The van der Waals surface area contributed by atoms with Crippen LogP contribution in [-0.4, -0.2) is 31.3 Å². The molecule has 2 aromatic rings. The van der Waals surface area contributed by atoms with Gasteiger partial charge < -0.3 is 25.0 Å². The average molecular weight is 291 g/mol. The van der Waals surface area contributed by atoms with Crippen molar-refractivity contribution >= 4 is 11.6 Å². The number of nitrogens with two attached hydrogens (primary N) is 1. The van der Waals surface area contributed by atoms with Crippen LogP contribution in [0.15, 0.2) is 34.9 Å². The second-order valence-electron chi connectivity index (χ2n) is 4.23. The van der Waals surface area contributed by atoms with Crippen LogP contribution in [0.1, 0.15) is 16.2 Å². The molecule has 0 fully saturated rings. The highest BCUT2D eigenvalue weighted by atomic mass is 16.5. The van der Waals surface area contributed by atoms with Crippen LogP contribution in [0.25, 0.3) is 0 Å². The Morgan fingerprint density at radius 2 is 2.14 bits per heavy atom. The molecule has 0 aliphatic heterocycles. The lowest BCUT2D eigenvalue weighted by atomic mass is 10.3. The summed E-state index contributed by atoms with van der Waals surface area (Å²) in [5, 5.41) is 6.40. The predicted molar refractivity (Wildman–Crippen MR) is 76.2 cm³/mol. The molecule has 0 saturated heterocycles. The van der Waals surface area contributed by atoms with Gasteiger partial charge in [-0.2, -0.15) is 0 Å². The van der Waals surface area contributed by atoms with E-state index in [2.05, 4.69) is 10.5 Å². The molecule has 112 valence electrons. The number of ether oxygens (including phenoxy) is 2. The van der Waals surface area contributed by atoms with Gasteiger partial charge in [0, 0.05) is 25.4 Å². The highest BCUT2D eigenvalue weighted by Gasteiger charge is 2.12. The van der Waals surface area contributed by atoms with Crippen molar-refractivity contribution in [2.45, 2.75) is 6.61 Å². The number of benzene rings is 1. The molecule has 1 aromatic heterocycles. The fourth-order valence-electron chi connectivity index (χ4n) is 1.64. The van der Waals surface area contributed by atoms with E-state index in [-0.39, 0.29) is 18.2 Å². The molecule has 0 saturated carbocycles. The number of aromatic nitrogens is 1. The predicted octanol–water partition coefficient (Wildman–Crippen LogP) is 1.41. The maximum absolute atomic E-state index is 12.0. The lowest BCUT2D eigenvalue weighted by Crippen LogP contribution is -2.12. The molecule has 0 spiro atoms. The minimum atomic E-state index is -0.350. The first-order chi connectivity index (χ1) is 10.2. The molecule has 21 heavy (non-hydrogen) atoms. The van der Waals surface area contributed by atoms with Crippen molar-refractivity contribution in [3.05, 3.63) is 41.8 Å². The number of methoxy groups -OCH3 is 1. The van der Waals surface area contributed by atoms with Crippen LogP contribution in [0.4, 0.5) is 5.69 Å².